The van der Waals surface area contributed by atoms with Crippen LogP contribution >= 0.6 is 0 Å². The fourth-order valence-corrected chi connectivity index (χ4v) is 1.59. The van der Waals surface area contributed by atoms with Crippen LogP contribution in [0.15, 0.2) is 30.3 Å². The molecule has 0 fully saturated rings. The molecule has 1 aromatic carbocycles. The first kappa shape index (κ1) is 14.0. The summed E-state index contributed by atoms with van der Waals surface area (Å²) >= 11 is 0. The van der Waals surface area contributed by atoms with Crippen molar-refractivity contribution in [3.8, 4) is 6.01 Å². The summed E-state index contributed by atoms with van der Waals surface area (Å²) < 4.78 is 5.50. The quantitative estimate of drug-likeness (QED) is 0.633. The van der Waals surface area contributed by atoms with E-state index in [0.29, 0.717) is 5.95 Å². The number of nitrogens with one attached hydrogen (secondary N) is 1. The Bertz CT molecular complexity index is 560. The summed E-state index contributed by atoms with van der Waals surface area (Å²) in [7, 11) is 1.87. The van der Waals surface area contributed by atoms with E-state index in [-0.39, 0.29) is 18.1 Å². The molecular formula is C13H18N6O. The van der Waals surface area contributed by atoms with Gasteiger partial charge in [-0.2, -0.15) is 15.0 Å². The number of hydrazine groups is 1. The molecule has 0 aliphatic heterocycles. The number of anilines is 3. The van der Waals surface area contributed by atoms with E-state index in [0.717, 1.165) is 5.69 Å². The maximum absolute atomic E-state index is 5.50. The van der Waals surface area contributed by atoms with Crippen molar-refractivity contribution in [1.82, 2.24) is 15.0 Å². The van der Waals surface area contributed by atoms with Gasteiger partial charge in [0, 0.05) is 12.7 Å². The fourth-order valence-electron chi connectivity index (χ4n) is 1.59. The highest BCUT2D eigenvalue weighted by atomic mass is 16.5. The first-order valence-electron chi connectivity index (χ1n) is 6.28. The molecule has 0 amide bonds. The van der Waals surface area contributed by atoms with Crippen LogP contribution in [0.1, 0.15) is 13.8 Å². The Hall–Kier alpha value is -2.41. The minimum absolute atomic E-state index is 0.0297. The lowest BCUT2D eigenvalue weighted by Gasteiger charge is -2.18. The predicted molar refractivity (Wildman–Crippen MR) is 77.9 cm³/mol. The topological polar surface area (TPSA) is 89.2 Å². The summed E-state index contributed by atoms with van der Waals surface area (Å²) in [5.41, 5.74) is 3.37. The molecule has 1 heterocycles. The third-order valence-corrected chi connectivity index (χ3v) is 2.52. The van der Waals surface area contributed by atoms with E-state index in [1.54, 1.807) is 0 Å². The highest BCUT2D eigenvalue weighted by Crippen LogP contribution is 2.22. The molecule has 2 rings (SSSR count). The molecule has 0 aliphatic carbocycles. The van der Waals surface area contributed by atoms with Crippen molar-refractivity contribution in [1.29, 1.82) is 0 Å². The van der Waals surface area contributed by atoms with Crippen LogP contribution in [0.3, 0.4) is 0 Å². The standard InChI is InChI=1S/C13H18N6O/c1-9(2)20-13-16-11(18-14)15-12(17-13)19(3)10-7-5-4-6-8-10/h4-9H,14H2,1-3H3,(H,15,16,17,18). The van der Waals surface area contributed by atoms with Crippen LogP contribution in [0.2, 0.25) is 0 Å². The summed E-state index contributed by atoms with van der Waals surface area (Å²) in [6.45, 7) is 3.81. The monoisotopic (exact) mass is 274 g/mol. The van der Waals surface area contributed by atoms with Crippen LogP contribution in [0, 0.1) is 0 Å². The molecule has 0 radical (unpaired) electrons. The zero-order valence-electron chi connectivity index (χ0n) is 11.7. The second-order valence-corrected chi connectivity index (χ2v) is 4.45. The lowest BCUT2D eigenvalue weighted by atomic mass is 10.3. The Balaban J connectivity index is 2.35. The van der Waals surface area contributed by atoms with E-state index in [1.165, 1.54) is 0 Å². The molecule has 3 N–H and O–H groups in total. The molecule has 0 spiro atoms. The van der Waals surface area contributed by atoms with Gasteiger partial charge in [-0.3, -0.25) is 5.43 Å². The number of nitrogens with zero attached hydrogens (tertiary/aromatic N) is 4. The van der Waals surface area contributed by atoms with Crippen molar-refractivity contribution in [2.45, 2.75) is 20.0 Å². The molecule has 0 atom stereocenters. The van der Waals surface area contributed by atoms with Crippen LogP contribution in [-0.4, -0.2) is 28.1 Å². The van der Waals surface area contributed by atoms with Gasteiger partial charge >= 0.3 is 6.01 Å². The number of benzene rings is 1. The maximum Gasteiger partial charge on any atom is 0.323 e. The second-order valence-electron chi connectivity index (χ2n) is 4.45. The van der Waals surface area contributed by atoms with Crippen LogP contribution in [0.25, 0.3) is 0 Å². The molecule has 7 nitrogen and oxygen atoms in total. The van der Waals surface area contributed by atoms with Gasteiger partial charge in [-0.15, -0.1) is 0 Å². The average molecular weight is 274 g/mol. The molecule has 2 aromatic rings. The lowest BCUT2D eigenvalue weighted by molar-refractivity contribution is 0.222. The summed E-state index contributed by atoms with van der Waals surface area (Å²) in [5, 5.41) is 0. The number of ether oxygens (including phenoxy) is 1. The minimum atomic E-state index is -0.0297. The van der Waals surface area contributed by atoms with Crippen LogP contribution < -0.4 is 20.9 Å². The summed E-state index contributed by atoms with van der Waals surface area (Å²) in [5.74, 6) is 6.09. The molecule has 1 aromatic heterocycles. The normalized spacial score (nSPS) is 10.4. The van der Waals surface area contributed by atoms with E-state index in [1.807, 2.05) is 56.1 Å². The van der Waals surface area contributed by atoms with E-state index in [9.17, 15) is 0 Å². The summed E-state index contributed by atoms with van der Waals surface area (Å²) in [6.07, 6.45) is -0.0297. The largest absolute Gasteiger partial charge is 0.461 e. The average Bonchev–Trinajstić information content (AvgIpc) is 2.46. The van der Waals surface area contributed by atoms with Crippen LogP contribution in [0.4, 0.5) is 17.6 Å². The van der Waals surface area contributed by atoms with E-state index in [2.05, 4.69) is 20.4 Å². The van der Waals surface area contributed by atoms with Gasteiger partial charge in [0.25, 0.3) is 0 Å². The van der Waals surface area contributed by atoms with Gasteiger partial charge in [0.15, 0.2) is 0 Å². The molecule has 0 saturated heterocycles. The van der Waals surface area contributed by atoms with Gasteiger partial charge < -0.3 is 9.64 Å². The van der Waals surface area contributed by atoms with Gasteiger partial charge in [0.05, 0.1) is 6.10 Å². The first-order chi connectivity index (χ1) is 9.60. The molecule has 20 heavy (non-hydrogen) atoms. The highest BCUT2D eigenvalue weighted by Gasteiger charge is 2.13. The van der Waals surface area contributed by atoms with Crippen LogP contribution in [0.5, 0.6) is 6.01 Å². The minimum Gasteiger partial charge on any atom is -0.461 e. The molecule has 7 heteroatoms. The van der Waals surface area contributed by atoms with Gasteiger partial charge in [-0.25, -0.2) is 5.84 Å². The third-order valence-electron chi connectivity index (χ3n) is 2.52. The Labute approximate surface area is 117 Å². The first-order valence-corrected chi connectivity index (χ1v) is 6.28. The van der Waals surface area contributed by atoms with Crippen molar-refractivity contribution in [3.63, 3.8) is 0 Å². The molecular weight excluding hydrogens is 256 g/mol. The van der Waals surface area contributed by atoms with Crippen molar-refractivity contribution in [2.24, 2.45) is 5.84 Å². The Morgan fingerprint density at radius 2 is 1.85 bits per heavy atom. The zero-order valence-corrected chi connectivity index (χ0v) is 11.7. The molecule has 106 valence electrons. The Kier molecular flexibility index (Phi) is 4.31. The highest BCUT2D eigenvalue weighted by molar-refractivity contribution is 5.56. The number of hydrogen-bond acceptors (Lipinski definition) is 7. The van der Waals surface area contributed by atoms with Crippen molar-refractivity contribution in [2.75, 3.05) is 17.4 Å². The van der Waals surface area contributed by atoms with Gasteiger partial charge in [-0.1, -0.05) is 18.2 Å². The number of nitrogens with two attached hydrogens (primary N) is 1. The molecule has 0 bridgehead atoms. The number of hydrogen-bond donors (Lipinski definition) is 2. The van der Waals surface area contributed by atoms with Gasteiger partial charge in [-0.05, 0) is 26.0 Å². The van der Waals surface area contributed by atoms with Crippen molar-refractivity contribution < 1.29 is 4.74 Å². The second kappa shape index (κ2) is 6.16. The Morgan fingerprint density at radius 3 is 2.45 bits per heavy atom. The number of rotatable bonds is 5. The van der Waals surface area contributed by atoms with E-state index < -0.39 is 0 Å². The van der Waals surface area contributed by atoms with E-state index in [4.69, 9.17) is 10.6 Å². The van der Waals surface area contributed by atoms with Gasteiger partial charge in [0.2, 0.25) is 11.9 Å². The number of aromatic nitrogens is 3. The molecule has 0 saturated carbocycles. The summed E-state index contributed by atoms with van der Waals surface area (Å²) in [4.78, 5) is 14.4. The molecule has 0 aliphatic rings. The van der Waals surface area contributed by atoms with Gasteiger partial charge in [0.1, 0.15) is 0 Å². The fraction of sp³-hybridized carbons (Fsp3) is 0.308. The molecule has 0 unspecified atom stereocenters. The SMILES string of the molecule is CC(C)Oc1nc(NN)nc(N(C)c2ccccc2)n1. The predicted octanol–water partition coefficient (Wildman–Crippen LogP) is 1.71. The van der Waals surface area contributed by atoms with Crippen molar-refractivity contribution in [3.05, 3.63) is 30.3 Å². The smallest absolute Gasteiger partial charge is 0.323 e. The zero-order chi connectivity index (χ0) is 14.5. The third kappa shape index (κ3) is 3.33. The van der Waals surface area contributed by atoms with Crippen molar-refractivity contribution >= 4 is 17.6 Å². The lowest BCUT2D eigenvalue weighted by Crippen LogP contribution is -2.19. The Morgan fingerprint density at radius 1 is 1.15 bits per heavy atom. The number of para-hydroxylation sites is 1. The summed E-state index contributed by atoms with van der Waals surface area (Å²) in [6, 6.07) is 10.00. The van der Waals surface area contributed by atoms with E-state index >= 15 is 0 Å². The number of nitrogen functional groups attached to an aromatic ring is 1. The maximum atomic E-state index is 5.50. The van der Waals surface area contributed by atoms with Crippen LogP contribution in [-0.2, 0) is 0 Å².